The van der Waals surface area contributed by atoms with Gasteiger partial charge in [-0.25, -0.2) is 0 Å². The average Bonchev–Trinajstić information content (AvgIpc) is 3.02. The lowest BCUT2D eigenvalue weighted by atomic mass is 10.2. The zero-order chi connectivity index (χ0) is 18.7. The van der Waals surface area contributed by atoms with E-state index in [-0.39, 0.29) is 34.1 Å². The Bertz CT molecular complexity index is 946. The number of benzene rings is 2. The van der Waals surface area contributed by atoms with E-state index in [1.807, 2.05) is 0 Å². The summed E-state index contributed by atoms with van der Waals surface area (Å²) in [7, 11) is 0. The first-order valence-corrected chi connectivity index (χ1v) is 8.26. The second-order valence-corrected chi connectivity index (χ2v) is 6.53. The van der Waals surface area contributed by atoms with Gasteiger partial charge in [0.05, 0.1) is 0 Å². The third-order valence-electron chi connectivity index (χ3n) is 3.05. The van der Waals surface area contributed by atoms with Crippen molar-refractivity contribution in [3.63, 3.8) is 0 Å². The molecule has 0 aliphatic heterocycles. The Labute approximate surface area is 154 Å². The Morgan fingerprint density at radius 3 is 2.62 bits per heavy atom. The molecule has 5 nitrogen and oxygen atoms in total. The zero-order valence-corrected chi connectivity index (χ0v) is 14.3. The van der Waals surface area contributed by atoms with Crippen molar-refractivity contribution < 1.29 is 22.4 Å². The molecule has 0 unspecified atom stereocenters. The van der Waals surface area contributed by atoms with E-state index >= 15 is 0 Å². The summed E-state index contributed by atoms with van der Waals surface area (Å²) in [5.74, 6) is -0.528. The van der Waals surface area contributed by atoms with Crippen molar-refractivity contribution in [2.75, 3.05) is 5.32 Å². The number of carbonyl (C=O) groups excluding carboxylic acids is 1. The van der Waals surface area contributed by atoms with Gasteiger partial charge in [-0.1, -0.05) is 28.8 Å². The smallest absolute Gasteiger partial charge is 0.403 e. The van der Waals surface area contributed by atoms with Gasteiger partial charge in [0.2, 0.25) is 5.89 Å². The lowest BCUT2D eigenvalue weighted by Crippen LogP contribution is -2.12. The van der Waals surface area contributed by atoms with Gasteiger partial charge in [-0.2, -0.15) is 13.2 Å². The Balaban J connectivity index is 1.74. The predicted octanol–water partition coefficient (Wildman–Crippen LogP) is 5.25. The molecular formula is C16H9ClF3N3O2S. The van der Waals surface area contributed by atoms with E-state index in [4.69, 9.17) is 16.0 Å². The summed E-state index contributed by atoms with van der Waals surface area (Å²) in [4.78, 5) is 12.1. The van der Waals surface area contributed by atoms with Gasteiger partial charge >= 0.3 is 11.5 Å². The number of nitrogens with one attached hydrogen (secondary N) is 1. The maximum Gasteiger partial charge on any atom is 0.446 e. The van der Waals surface area contributed by atoms with Crippen LogP contribution in [0.2, 0.25) is 5.02 Å². The maximum atomic E-state index is 12.4. The van der Waals surface area contributed by atoms with Crippen LogP contribution in [-0.4, -0.2) is 21.6 Å². The first kappa shape index (κ1) is 18.3. The van der Waals surface area contributed by atoms with E-state index in [0.29, 0.717) is 10.6 Å². The third kappa shape index (κ3) is 4.77. The average molecular weight is 400 g/mol. The van der Waals surface area contributed by atoms with E-state index in [0.717, 1.165) is 6.07 Å². The molecule has 134 valence electrons. The Morgan fingerprint density at radius 1 is 1.12 bits per heavy atom. The number of anilines is 1. The number of alkyl halides is 3. The quantitative estimate of drug-likeness (QED) is 0.606. The fraction of sp³-hybridized carbons (Fsp3) is 0.0625. The molecule has 10 heteroatoms. The number of aromatic nitrogens is 2. The molecule has 0 aliphatic carbocycles. The highest BCUT2D eigenvalue weighted by molar-refractivity contribution is 8.00. The zero-order valence-electron chi connectivity index (χ0n) is 12.7. The van der Waals surface area contributed by atoms with Crippen LogP contribution in [0.1, 0.15) is 10.4 Å². The van der Waals surface area contributed by atoms with Gasteiger partial charge in [0.1, 0.15) is 0 Å². The van der Waals surface area contributed by atoms with Crippen molar-refractivity contribution in [1.82, 2.24) is 10.2 Å². The fourth-order valence-corrected chi connectivity index (χ4v) is 2.81. The molecule has 2 aromatic carbocycles. The SMILES string of the molecule is O=C(Nc1nnc(-c2cccc(Cl)c2)o1)c1cccc(SC(F)(F)F)c1. The number of amides is 1. The topological polar surface area (TPSA) is 68.0 Å². The molecule has 0 atom stereocenters. The molecule has 0 bridgehead atoms. The minimum atomic E-state index is -4.44. The van der Waals surface area contributed by atoms with Crippen LogP contribution in [0, 0.1) is 0 Å². The highest BCUT2D eigenvalue weighted by Gasteiger charge is 2.29. The highest BCUT2D eigenvalue weighted by atomic mass is 35.5. The van der Waals surface area contributed by atoms with Crippen LogP contribution in [0.15, 0.2) is 57.8 Å². The summed E-state index contributed by atoms with van der Waals surface area (Å²) in [5, 5.41) is 10.3. The Hall–Kier alpha value is -2.52. The Kier molecular flexibility index (Phi) is 5.19. The maximum absolute atomic E-state index is 12.4. The van der Waals surface area contributed by atoms with Crippen LogP contribution in [0.4, 0.5) is 19.2 Å². The largest absolute Gasteiger partial charge is 0.446 e. The number of hydrogen-bond donors (Lipinski definition) is 1. The fourth-order valence-electron chi connectivity index (χ4n) is 2.02. The third-order valence-corrected chi connectivity index (χ3v) is 4.00. The lowest BCUT2D eigenvalue weighted by Gasteiger charge is -2.07. The highest BCUT2D eigenvalue weighted by Crippen LogP contribution is 2.37. The van der Waals surface area contributed by atoms with Crippen LogP contribution in [0.5, 0.6) is 0 Å². The molecular weight excluding hydrogens is 391 g/mol. The predicted molar refractivity (Wildman–Crippen MR) is 91.1 cm³/mol. The Morgan fingerprint density at radius 2 is 1.88 bits per heavy atom. The molecule has 1 amide bonds. The summed E-state index contributed by atoms with van der Waals surface area (Å²) < 4.78 is 42.6. The summed E-state index contributed by atoms with van der Waals surface area (Å²) in [6.45, 7) is 0. The molecule has 0 saturated heterocycles. The van der Waals surface area contributed by atoms with Crippen molar-refractivity contribution in [2.45, 2.75) is 10.4 Å². The van der Waals surface area contributed by atoms with Crippen molar-refractivity contribution in [3.05, 3.63) is 59.1 Å². The number of rotatable bonds is 4. The van der Waals surface area contributed by atoms with Crippen LogP contribution in [0.3, 0.4) is 0 Å². The van der Waals surface area contributed by atoms with Gasteiger partial charge in [0.25, 0.3) is 5.91 Å². The molecule has 3 aromatic rings. The van der Waals surface area contributed by atoms with Gasteiger partial charge in [-0.3, -0.25) is 10.1 Å². The first-order valence-electron chi connectivity index (χ1n) is 7.07. The van der Waals surface area contributed by atoms with Gasteiger partial charge in [0, 0.05) is 21.0 Å². The van der Waals surface area contributed by atoms with Crippen LogP contribution in [-0.2, 0) is 0 Å². The van der Waals surface area contributed by atoms with E-state index in [2.05, 4.69) is 15.5 Å². The summed E-state index contributed by atoms with van der Waals surface area (Å²) >= 11 is 5.58. The number of hydrogen-bond acceptors (Lipinski definition) is 5. The molecule has 0 fully saturated rings. The van der Waals surface area contributed by atoms with Crippen molar-refractivity contribution in [2.24, 2.45) is 0 Å². The molecule has 0 aliphatic rings. The molecule has 3 rings (SSSR count). The van der Waals surface area contributed by atoms with Crippen LogP contribution >= 0.6 is 23.4 Å². The second kappa shape index (κ2) is 7.38. The van der Waals surface area contributed by atoms with Crippen LogP contribution in [0.25, 0.3) is 11.5 Å². The molecule has 1 heterocycles. The standard InChI is InChI=1S/C16H9ClF3N3O2S/c17-11-5-1-4-10(7-11)14-22-23-15(25-14)21-13(24)9-3-2-6-12(8-9)26-16(18,19)20/h1-8H,(H,21,23,24). The molecule has 0 saturated carbocycles. The monoisotopic (exact) mass is 399 g/mol. The lowest BCUT2D eigenvalue weighted by molar-refractivity contribution is -0.0328. The summed E-state index contributed by atoms with van der Waals surface area (Å²) in [6.07, 6.45) is 0. The minimum absolute atomic E-state index is 0.0294. The van der Waals surface area contributed by atoms with Gasteiger partial charge in [0.15, 0.2) is 0 Å². The molecule has 1 aromatic heterocycles. The van der Waals surface area contributed by atoms with Crippen molar-refractivity contribution in [1.29, 1.82) is 0 Å². The molecule has 26 heavy (non-hydrogen) atoms. The second-order valence-electron chi connectivity index (χ2n) is 4.95. The van der Waals surface area contributed by atoms with E-state index in [9.17, 15) is 18.0 Å². The van der Waals surface area contributed by atoms with Gasteiger partial charge < -0.3 is 4.42 Å². The summed E-state index contributed by atoms with van der Waals surface area (Å²) in [5.41, 5.74) is -3.84. The van der Waals surface area contributed by atoms with Crippen molar-refractivity contribution in [3.8, 4) is 11.5 Å². The van der Waals surface area contributed by atoms with Crippen LogP contribution < -0.4 is 5.32 Å². The van der Waals surface area contributed by atoms with E-state index in [1.165, 1.54) is 18.2 Å². The number of nitrogens with zero attached hydrogens (tertiary/aromatic N) is 2. The molecule has 0 radical (unpaired) electrons. The number of carbonyl (C=O) groups is 1. The first-order chi connectivity index (χ1) is 12.3. The van der Waals surface area contributed by atoms with E-state index < -0.39 is 11.4 Å². The minimum Gasteiger partial charge on any atom is -0.403 e. The molecule has 0 spiro atoms. The summed E-state index contributed by atoms with van der Waals surface area (Å²) in [6, 6.07) is 11.6. The van der Waals surface area contributed by atoms with Gasteiger partial charge in [-0.05, 0) is 48.2 Å². The number of halogens is 4. The number of thioether (sulfide) groups is 1. The van der Waals surface area contributed by atoms with Gasteiger partial charge in [-0.15, -0.1) is 5.10 Å². The molecule has 1 N–H and O–H groups in total. The normalized spacial score (nSPS) is 11.4. The van der Waals surface area contributed by atoms with Crippen molar-refractivity contribution >= 4 is 35.3 Å². The van der Waals surface area contributed by atoms with E-state index in [1.54, 1.807) is 24.3 Å².